The summed E-state index contributed by atoms with van der Waals surface area (Å²) in [6.07, 6.45) is 5.30. The summed E-state index contributed by atoms with van der Waals surface area (Å²) in [7, 11) is 0. The first-order chi connectivity index (χ1) is 8.66. The molecule has 18 heavy (non-hydrogen) atoms. The minimum Gasteiger partial charge on any atom is -0.393 e. The third-order valence-electron chi connectivity index (χ3n) is 4.90. The molecule has 0 bridgehead atoms. The van der Waals surface area contributed by atoms with Gasteiger partial charge in [-0.1, -0.05) is 0 Å². The Balaban J connectivity index is 1.55. The zero-order valence-electron chi connectivity index (χ0n) is 11.2. The van der Waals surface area contributed by atoms with Crippen LogP contribution in [0, 0.1) is 5.92 Å². The largest absolute Gasteiger partial charge is 0.393 e. The Morgan fingerprint density at radius 1 is 1.11 bits per heavy atom. The zero-order valence-corrected chi connectivity index (χ0v) is 11.2. The first kappa shape index (κ1) is 12.4. The van der Waals surface area contributed by atoms with Gasteiger partial charge in [-0.2, -0.15) is 0 Å². The summed E-state index contributed by atoms with van der Waals surface area (Å²) in [6.45, 7) is 4.80. The number of likely N-dealkylation sites (tertiary alicyclic amines) is 2. The van der Waals surface area contributed by atoms with Gasteiger partial charge in [-0.05, 0) is 58.0 Å². The monoisotopic (exact) mass is 252 g/mol. The fourth-order valence-electron chi connectivity index (χ4n) is 3.49. The Morgan fingerprint density at radius 2 is 1.78 bits per heavy atom. The molecule has 3 rings (SSSR count). The first-order valence-electron chi connectivity index (χ1n) is 7.39. The van der Waals surface area contributed by atoms with Crippen molar-refractivity contribution in [2.75, 3.05) is 19.6 Å². The molecule has 0 aromatic heterocycles. The molecule has 102 valence electrons. The van der Waals surface area contributed by atoms with E-state index in [0.29, 0.717) is 17.9 Å². The summed E-state index contributed by atoms with van der Waals surface area (Å²) in [5.74, 6) is 0.797. The molecule has 2 heterocycles. The average molecular weight is 252 g/mol. The van der Waals surface area contributed by atoms with Crippen LogP contribution in [0.15, 0.2) is 0 Å². The molecule has 4 heteroatoms. The van der Waals surface area contributed by atoms with Gasteiger partial charge in [-0.3, -0.25) is 9.69 Å². The van der Waals surface area contributed by atoms with Gasteiger partial charge >= 0.3 is 0 Å². The van der Waals surface area contributed by atoms with Crippen LogP contribution in [-0.4, -0.2) is 58.6 Å². The molecule has 2 atom stereocenters. The van der Waals surface area contributed by atoms with E-state index in [4.69, 9.17) is 0 Å². The number of rotatable bonds is 3. The van der Waals surface area contributed by atoms with Crippen molar-refractivity contribution < 1.29 is 9.90 Å². The molecule has 1 saturated carbocycles. The minimum atomic E-state index is -0.200. The van der Waals surface area contributed by atoms with E-state index >= 15 is 0 Å². The second-order valence-corrected chi connectivity index (χ2v) is 6.18. The summed E-state index contributed by atoms with van der Waals surface area (Å²) in [5.41, 5.74) is 0. The number of aliphatic hydroxyl groups excluding tert-OH is 1. The minimum absolute atomic E-state index is 0.139. The highest BCUT2D eigenvalue weighted by atomic mass is 16.3. The molecule has 1 aliphatic carbocycles. The summed E-state index contributed by atoms with van der Waals surface area (Å²) >= 11 is 0. The predicted octanol–water partition coefficient (Wildman–Crippen LogP) is 0.843. The molecule has 2 aliphatic heterocycles. The lowest BCUT2D eigenvalue weighted by molar-refractivity contribution is -0.133. The van der Waals surface area contributed by atoms with E-state index < -0.39 is 0 Å². The van der Waals surface area contributed by atoms with Crippen molar-refractivity contribution in [1.29, 1.82) is 0 Å². The van der Waals surface area contributed by atoms with Crippen LogP contribution in [0.3, 0.4) is 0 Å². The van der Waals surface area contributed by atoms with E-state index in [1.165, 1.54) is 12.8 Å². The van der Waals surface area contributed by atoms with Crippen molar-refractivity contribution in [3.63, 3.8) is 0 Å². The van der Waals surface area contributed by atoms with Crippen LogP contribution in [0.1, 0.15) is 39.0 Å². The van der Waals surface area contributed by atoms with E-state index in [0.717, 1.165) is 38.9 Å². The Bertz CT molecular complexity index is 320. The molecular formula is C14H24N2O2. The zero-order chi connectivity index (χ0) is 12.7. The lowest BCUT2D eigenvalue weighted by atomic mass is 9.91. The van der Waals surface area contributed by atoms with Gasteiger partial charge in [-0.25, -0.2) is 0 Å². The molecule has 0 aromatic carbocycles. The first-order valence-corrected chi connectivity index (χ1v) is 7.39. The highest BCUT2D eigenvalue weighted by Gasteiger charge is 2.43. The van der Waals surface area contributed by atoms with Crippen LogP contribution in [0.4, 0.5) is 0 Å². The quantitative estimate of drug-likeness (QED) is 0.809. The van der Waals surface area contributed by atoms with Gasteiger partial charge in [0.25, 0.3) is 0 Å². The number of nitrogens with zero attached hydrogens (tertiary/aromatic N) is 2. The van der Waals surface area contributed by atoms with E-state index in [-0.39, 0.29) is 12.1 Å². The van der Waals surface area contributed by atoms with Crippen molar-refractivity contribution in [3.05, 3.63) is 0 Å². The normalized spacial score (nSPS) is 33.1. The molecule has 1 N–H and O–H groups in total. The van der Waals surface area contributed by atoms with Gasteiger partial charge < -0.3 is 10.0 Å². The molecule has 0 radical (unpaired) electrons. The maximum atomic E-state index is 12.3. The van der Waals surface area contributed by atoms with Crippen molar-refractivity contribution in [1.82, 2.24) is 9.80 Å². The fourth-order valence-corrected chi connectivity index (χ4v) is 3.49. The summed E-state index contributed by atoms with van der Waals surface area (Å²) in [6, 6.07) is 0.707. The fraction of sp³-hybridized carbons (Fsp3) is 0.929. The van der Waals surface area contributed by atoms with Crippen LogP contribution in [0.2, 0.25) is 0 Å². The Kier molecular flexibility index (Phi) is 3.32. The smallest absolute Gasteiger partial charge is 0.240 e. The predicted molar refractivity (Wildman–Crippen MR) is 69.1 cm³/mol. The maximum absolute atomic E-state index is 12.3. The average Bonchev–Trinajstić information content (AvgIpc) is 3.13. The van der Waals surface area contributed by atoms with Crippen LogP contribution >= 0.6 is 0 Å². The standard InChI is InChI=1S/C14H24N2O2/c1-10(17)11-4-7-15(8-5-11)13-6-9-16(14(13)18)12-2-3-12/h10-13,17H,2-9H2,1H3. The van der Waals surface area contributed by atoms with Gasteiger partial charge in [0.05, 0.1) is 12.1 Å². The number of amides is 1. The Hall–Kier alpha value is -0.610. The summed E-state index contributed by atoms with van der Waals surface area (Å²) in [5, 5.41) is 9.61. The van der Waals surface area contributed by atoms with Gasteiger partial charge in [0, 0.05) is 12.6 Å². The Labute approximate surface area is 109 Å². The van der Waals surface area contributed by atoms with Crippen LogP contribution in [0.5, 0.6) is 0 Å². The lowest BCUT2D eigenvalue weighted by Gasteiger charge is -2.36. The molecule has 0 aromatic rings. The molecule has 0 spiro atoms. The summed E-state index contributed by atoms with van der Waals surface area (Å²) < 4.78 is 0. The van der Waals surface area contributed by atoms with Crippen LogP contribution < -0.4 is 0 Å². The van der Waals surface area contributed by atoms with Crippen molar-refractivity contribution in [3.8, 4) is 0 Å². The maximum Gasteiger partial charge on any atom is 0.240 e. The molecule has 3 fully saturated rings. The number of hydrogen-bond donors (Lipinski definition) is 1. The second-order valence-electron chi connectivity index (χ2n) is 6.18. The third-order valence-corrected chi connectivity index (χ3v) is 4.90. The number of aliphatic hydroxyl groups is 1. The molecule has 4 nitrogen and oxygen atoms in total. The summed E-state index contributed by atoms with van der Waals surface area (Å²) in [4.78, 5) is 16.8. The Morgan fingerprint density at radius 3 is 2.33 bits per heavy atom. The molecule has 3 aliphatic rings. The van der Waals surface area contributed by atoms with Crippen LogP contribution in [0.25, 0.3) is 0 Å². The van der Waals surface area contributed by atoms with E-state index in [1.54, 1.807) is 0 Å². The van der Waals surface area contributed by atoms with Gasteiger partial charge in [0.1, 0.15) is 0 Å². The van der Waals surface area contributed by atoms with E-state index in [9.17, 15) is 9.90 Å². The van der Waals surface area contributed by atoms with E-state index in [1.807, 2.05) is 6.92 Å². The molecule has 2 unspecified atom stereocenters. The van der Waals surface area contributed by atoms with Crippen molar-refractivity contribution >= 4 is 5.91 Å². The van der Waals surface area contributed by atoms with Gasteiger partial charge in [-0.15, -0.1) is 0 Å². The number of piperidine rings is 1. The molecule has 1 amide bonds. The topological polar surface area (TPSA) is 43.8 Å². The number of carbonyl (C=O) groups is 1. The van der Waals surface area contributed by atoms with Gasteiger partial charge in [0.15, 0.2) is 0 Å². The van der Waals surface area contributed by atoms with Crippen molar-refractivity contribution in [2.45, 2.75) is 57.2 Å². The van der Waals surface area contributed by atoms with E-state index in [2.05, 4.69) is 9.80 Å². The SMILES string of the molecule is CC(O)C1CCN(C2CCN(C3CC3)C2=O)CC1. The molecule has 2 saturated heterocycles. The third kappa shape index (κ3) is 2.28. The van der Waals surface area contributed by atoms with Crippen molar-refractivity contribution in [2.24, 2.45) is 5.92 Å². The van der Waals surface area contributed by atoms with Gasteiger partial charge in [0.2, 0.25) is 5.91 Å². The highest BCUT2D eigenvalue weighted by molar-refractivity contribution is 5.84. The number of carbonyl (C=O) groups excluding carboxylic acids is 1. The lowest BCUT2D eigenvalue weighted by Crippen LogP contribution is -2.47. The molecular weight excluding hydrogens is 228 g/mol. The highest BCUT2D eigenvalue weighted by Crippen LogP contribution is 2.33. The van der Waals surface area contributed by atoms with Crippen LogP contribution in [-0.2, 0) is 4.79 Å². The second kappa shape index (κ2) is 4.82. The number of hydrogen-bond acceptors (Lipinski definition) is 3.